The van der Waals surface area contributed by atoms with Crippen molar-refractivity contribution in [2.45, 2.75) is 13.8 Å². The molecule has 0 radical (unpaired) electrons. The van der Waals surface area contributed by atoms with E-state index in [0.717, 1.165) is 10.2 Å². The third kappa shape index (κ3) is 5.51. The fraction of sp³-hybridized carbons (Fsp3) is 0.462. The predicted molar refractivity (Wildman–Crippen MR) is 74.8 cm³/mol. The van der Waals surface area contributed by atoms with E-state index in [9.17, 15) is 4.79 Å². The van der Waals surface area contributed by atoms with Gasteiger partial charge in [0.15, 0.2) is 0 Å². The Hall–Kier alpha value is -1.07. The van der Waals surface area contributed by atoms with Crippen LogP contribution in [0.15, 0.2) is 22.7 Å². The number of hydrogen-bond acceptors (Lipinski definition) is 4. The highest BCUT2D eigenvalue weighted by Crippen LogP contribution is 2.22. The van der Waals surface area contributed by atoms with Crippen LogP contribution in [0.5, 0.6) is 0 Å². The van der Waals surface area contributed by atoms with Gasteiger partial charge in [-0.3, -0.25) is 0 Å². The lowest BCUT2D eigenvalue weighted by molar-refractivity contribution is -0.148. The Morgan fingerprint density at radius 3 is 2.94 bits per heavy atom. The van der Waals surface area contributed by atoms with Crippen molar-refractivity contribution in [3.8, 4) is 0 Å². The molecule has 0 unspecified atom stereocenters. The lowest BCUT2D eigenvalue weighted by Gasteiger charge is -2.09. The van der Waals surface area contributed by atoms with Crippen LogP contribution in [0, 0.1) is 6.92 Å². The molecule has 1 rings (SSSR count). The van der Waals surface area contributed by atoms with Crippen molar-refractivity contribution in [1.29, 1.82) is 0 Å². The number of benzene rings is 1. The maximum atomic E-state index is 11.0. The number of carbonyl (C=O) groups is 1. The molecule has 5 heteroatoms. The molecule has 0 bridgehead atoms. The van der Waals surface area contributed by atoms with Crippen molar-refractivity contribution < 1.29 is 14.3 Å². The van der Waals surface area contributed by atoms with Gasteiger partial charge in [-0.05, 0) is 47.5 Å². The van der Waals surface area contributed by atoms with Crippen molar-refractivity contribution in [2.75, 3.05) is 31.7 Å². The van der Waals surface area contributed by atoms with Crippen molar-refractivity contribution >= 4 is 27.6 Å². The Balaban J connectivity index is 2.21. The largest absolute Gasteiger partial charge is 0.464 e. The molecular weight excluding hydrogens is 298 g/mol. The Labute approximate surface area is 116 Å². The highest BCUT2D eigenvalue weighted by molar-refractivity contribution is 9.10. The first-order valence-electron chi connectivity index (χ1n) is 5.87. The molecule has 0 saturated heterocycles. The maximum absolute atomic E-state index is 11.0. The fourth-order valence-electron chi connectivity index (χ4n) is 1.39. The number of esters is 1. The molecule has 1 aromatic rings. The number of aryl methyl sites for hydroxylation is 1. The number of anilines is 1. The van der Waals surface area contributed by atoms with Gasteiger partial charge in [0.2, 0.25) is 0 Å². The summed E-state index contributed by atoms with van der Waals surface area (Å²) in [5.74, 6) is -0.325. The van der Waals surface area contributed by atoms with E-state index in [1.165, 1.54) is 5.56 Å². The molecule has 0 saturated carbocycles. The van der Waals surface area contributed by atoms with Gasteiger partial charge in [-0.15, -0.1) is 0 Å². The van der Waals surface area contributed by atoms with E-state index in [-0.39, 0.29) is 12.6 Å². The molecule has 0 spiro atoms. The first-order chi connectivity index (χ1) is 8.63. The zero-order valence-corrected chi connectivity index (χ0v) is 12.2. The van der Waals surface area contributed by atoms with Gasteiger partial charge >= 0.3 is 5.97 Å². The molecule has 0 aliphatic heterocycles. The number of ether oxygens (including phenoxy) is 2. The molecule has 0 amide bonds. The summed E-state index contributed by atoms with van der Waals surface area (Å²) in [6, 6.07) is 6.08. The van der Waals surface area contributed by atoms with Crippen molar-refractivity contribution in [2.24, 2.45) is 0 Å². The molecule has 1 N–H and O–H groups in total. The molecule has 100 valence electrons. The lowest BCUT2D eigenvalue weighted by atomic mass is 10.2. The Morgan fingerprint density at radius 2 is 2.22 bits per heavy atom. The minimum atomic E-state index is -0.325. The quantitative estimate of drug-likeness (QED) is 0.621. The van der Waals surface area contributed by atoms with E-state index in [1.54, 1.807) is 6.92 Å². The summed E-state index contributed by atoms with van der Waals surface area (Å²) in [5.41, 5.74) is 2.21. The van der Waals surface area contributed by atoms with Gasteiger partial charge in [0.1, 0.15) is 6.61 Å². The summed E-state index contributed by atoms with van der Waals surface area (Å²) in [6.07, 6.45) is 0. The van der Waals surface area contributed by atoms with Crippen LogP contribution in [0.1, 0.15) is 12.5 Å². The number of rotatable bonds is 7. The molecule has 1 aromatic carbocycles. The summed E-state index contributed by atoms with van der Waals surface area (Å²) in [4.78, 5) is 11.0. The van der Waals surface area contributed by atoms with Gasteiger partial charge in [-0.2, -0.15) is 0 Å². The van der Waals surface area contributed by atoms with E-state index in [2.05, 4.69) is 27.3 Å². The third-order valence-electron chi connectivity index (χ3n) is 2.21. The summed E-state index contributed by atoms with van der Waals surface area (Å²) < 4.78 is 10.9. The zero-order chi connectivity index (χ0) is 13.4. The monoisotopic (exact) mass is 315 g/mol. The smallest absolute Gasteiger partial charge is 0.332 e. The molecule has 0 heterocycles. The van der Waals surface area contributed by atoms with Crippen LogP contribution in [-0.4, -0.2) is 32.3 Å². The predicted octanol–water partition coefficient (Wildman–Crippen LogP) is 2.75. The molecule has 0 fully saturated rings. The van der Waals surface area contributed by atoms with Gasteiger partial charge < -0.3 is 14.8 Å². The second kappa shape index (κ2) is 8.11. The highest BCUT2D eigenvalue weighted by atomic mass is 79.9. The Bertz CT molecular complexity index is 396. The number of carbonyl (C=O) groups excluding carboxylic acids is 1. The first kappa shape index (κ1) is 15.0. The molecule has 18 heavy (non-hydrogen) atoms. The van der Waals surface area contributed by atoms with Gasteiger partial charge in [0.05, 0.1) is 13.2 Å². The van der Waals surface area contributed by atoms with Crippen LogP contribution in [0.3, 0.4) is 0 Å². The molecule has 0 aliphatic carbocycles. The molecule has 4 nitrogen and oxygen atoms in total. The summed E-state index contributed by atoms with van der Waals surface area (Å²) in [5, 5.41) is 3.24. The van der Waals surface area contributed by atoms with Crippen LogP contribution in [-0.2, 0) is 14.3 Å². The zero-order valence-electron chi connectivity index (χ0n) is 10.7. The molecule has 0 aromatic heterocycles. The van der Waals surface area contributed by atoms with Crippen molar-refractivity contribution in [3.63, 3.8) is 0 Å². The molecular formula is C13H18BrNO3. The van der Waals surface area contributed by atoms with Crippen LogP contribution in [0.2, 0.25) is 0 Å². The maximum Gasteiger partial charge on any atom is 0.332 e. The SMILES string of the molecule is CCOC(=O)COCCNc1cc(C)ccc1Br. The average molecular weight is 316 g/mol. The van der Waals surface area contributed by atoms with E-state index in [0.29, 0.717) is 19.8 Å². The third-order valence-corrected chi connectivity index (χ3v) is 2.90. The standard InChI is InChI=1S/C13H18BrNO3/c1-3-18-13(16)9-17-7-6-15-12-8-10(2)4-5-11(12)14/h4-5,8,15H,3,6-7,9H2,1-2H3. The first-order valence-corrected chi connectivity index (χ1v) is 6.66. The van der Waals surface area contributed by atoms with E-state index < -0.39 is 0 Å². The Kier molecular flexibility index (Phi) is 6.75. The second-order valence-electron chi connectivity index (χ2n) is 3.77. The number of hydrogen-bond donors (Lipinski definition) is 1. The normalized spacial score (nSPS) is 10.2. The van der Waals surface area contributed by atoms with Crippen molar-refractivity contribution in [1.82, 2.24) is 0 Å². The fourth-order valence-corrected chi connectivity index (χ4v) is 1.78. The lowest BCUT2D eigenvalue weighted by Crippen LogP contribution is -2.16. The van der Waals surface area contributed by atoms with E-state index in [1.807, 2.05) is 19.1 Å². The minimum Gasteiger partial charge on any atom is -0.464 e. The average Bonchev–Trinajstić information content (AvgIpc) is 2.33. The van der Waals surface area contributed by atoms with Crippen LogP contribution < -0.4 is 5.32 Å². The summed E-state index contributed by atoms with van der Waals surface area (Å²) >= 11 is 3.47. The Morgan fingerprint density at radius 1 is 1.44 bits per heavy atom. The molecule has 0 aliphatic rings. The van der Waals surface area contributed by atoms with Crippen LogP contribution in [0.25, 0.3) is 0 Å². The van der Waals surface area contributed by atoms with Crippen LogP contribution in [0.4, 0.5) is 5.69 Å². The topological polar surface area (TPSA) is 47.6 Å². The summed E-state index contributed by atoms with van der Waals surface area (Å²) in [7, 11) is 0. The molecule has 0 atom stereocenters. The van der Waals surface area contributed by atoms with Gasteiger partial charge in [-0.1, -0.05) is 6.07 Å². The second-order valence-corrected chi connectivity index (χ2v) is 4.62. The van der Waals surface area contributed by atoms with Gasteiger partial charge in [0.25, 0.3) is 0 Å². The number of nitrogens with one attached hydrogen (secondary N) is 1. The van der Waals surface area contributed by atoms with E-state index in [4.69, 9.17) is 9.47 Å². The number of halogens is 1. The van der Waals surface area contributed by atoms with Gasteiger partial charge in [-0.25, -0.2) is 4.79 Å². The summed E-state index contributed by atoms with van der Waals surface area (Å²) in [6.45, 7) is 5.30. The van der Waals surface area contributed by atoms with E-state index >= 15 is 0 Å². The van der Waals surface area contributed by atoms with Crippen LogP contribution >= 0.6 is 15.9 Å². The van der Waals surface area contributed by atoms with Crippen molar-refractivity contribution in [3.05, 3.63) is 28.2 Å². The van der Waals surface area contributed by atoms with Gasteiger partial charge in [0, 0.05) is 16.7 Å². The minimum absolute atomic E-state index is 0.00447. The highest BCUT2D eigenvalue weighted by Gasteiger charge is 2.02.